The van der Waals surface area contributed by atoms with Crippen molar-refractivity contribution in [2.75, 3.05) is 6.61 Å². The molecule has 3 heterocycles. The molecular formula is C15H22O7. The van der Waals surface area contributed by atoms with Crippen molar-refractivity contribution >= 4 is 5.97 Å². The molecule has 3 saturated heterocycles. The van der Waals surface area contributed by atoms with Crippen molar-refractivity contribution in [2.45, 2.75) is 70.0 Å². The summed E-state index contributed by atoms with van der Waals surface area (Å²) >= 11 is 0. The summed E-state index contributed by atoms with van der Waals surface area (Å²) in [4.78, 5) is 11.6. The highest BCUT2D eigenvalue weighted by atomic mass is 16.8. The molecule has 7 nitrogen and oxygen atoms in total. The first-order valence-corrected chi connectivity index (χ1v) is 7.37. The summed E-state index contributed by atoms with van der Waals surface area (Å²) in [6.07, 6.45) is -1.51. The van der Waals surface area contributed by atoms with Crippen LogP contribution < -0.4 is 0 Å². The Morgan fingerprint density at radius 2 is 1.86 bits per heavy atom. The third-order valence-corrected chi connectivity index (χ3v) is 3.84. The van der Waals surface area contributed by atoms with Gasteiger partial charge in [-0.15, -0.1) is 0 Å². The van der Waals surface area contributed by atoms with Crippen LogP contribution in [0.5, 0.6) is 0 Å². The first-order valence-electron chi connectivity index (χ1n) is 7.37. The lowest BCUT2D eigenvalue weighted by Gasteiger charge is -2.28. The van der Waals surface area contributed by atoms with E-state index in [1.807, 2.05) is 13.8 Å². The number of hydrogen-bond donors (Lipinski definition) is 0. The van der Waals surface area contributed by atoms with E-state index in [0.717, 1.165) is 6.08 Å². The lowest BCUT2D eigenvalue weighted by atomic mass is 10.1. The molecule has 0 saturated carbocycles. The molecule has 22 heavy (non-hydrogen) atoms. The van der Waals surface area contributed by atoms with E-state index in [9.17, 15) is 4.79 Å². The summed E-state index contributed by atoms with van der Waals surface area (Å²) in [5, 5.41) is 0. The van der Waals surface area contributed by atoms with Crippen molar-refractivity contribution in [3.05, 3.63) is 12.7 Å². The largest absolute Gasteiger partial charge is 0.453 e. The Labute approximate surface area is 129 Å². The number of ether oxygens (including phenoxy) is 6. The van der Waals surface area contributed by atoms with E-state index in [1.165, 1.54) is 0 Å². The van der Waals surface area contributed by atoms with Gasteiger partial charge in [0.05, 0.1) is 6.61 Å². The van der Waals surface area contributed by atoms with Crippen molar-refractivity contribution in [3.8, 4) is 0 Å². The summed E-state index contributed by atoms with van der Waals surface area (Å²) < 4.78 is 34.2. The van der Waals surface area contributed by atoms with Gasteiger partial charge in [0.15, 0.2) is 30.1 Å². The van der Waals surface area contributed by atoms with E-state index in [2.05, 4.69) is 6.58 Å². The smallest absolute Gasteiger partial charge is 0.330 e. The monoisotopic (exact) mass is 314 g/mol. The van der Waals surface area contributed by atoms with Crippen LogP contribution in [-0.2, 0) is 33.2 Å². The minimum Gasteiger partial charge on any atom is -0.453 e. The van der Waals surface area contributed by atoms with Gasteiger partial charge in [0, 0.05) is 6.08 Å². The first kappa shape index (κ1) is 15.9. The average Bonchev–Trinajstić information content (AvgIpc) is 3.01. The normalized spacial score (nSPS) is 42.1. The molecule has 5 atom stereocenters. The van der Waals surface area contributed by atoms with Crippen molar-refractivity contribution < 1.29 is 33.2 Å². The fourth-order valence-corrected chi connectivity index (χ4v) is 3.00. The third kappa shape index (κ3) is 2.91. The Kier molecular flexibility index (Phi) is 3.81. The summed E-state index contributed by atoms with van der Waals surface area (Å²) in [5.74, 6) is -2.02. The van der Waals surface area contributed by atoms with Crippen LogP contribution in [0.25, 0.3) is 0 Å². The van der Waals surface area contributed by atoms with Crippen molar-refractivity contribution in [2.24, 2.45) is 0 Å². The van der Waals surface area contributed by atoms with Crippen LogP contribution in [0.1, 0.15) is 27.7 Å². The van der Waals surface area contributed by atoms with Gasteiger partial charge < -0.3 is 28.4 Å². The zero-order chi connectivity index (χ0) is 16.1. The maximum Gasteiger partial charge on any atom is 0.330 e. The minimum atomic E-state index is -0.786. The molecule has 124 valence electrons. The minimum absolute atomic E-state index is 0.350. The van der Waals surface area contributed by atoms with Crippen LogP contribution in [0.15, 0.2) is 12.7 Å². The highest BCUT2D eigenvalue weighted by Crippen LogP contribution is 2.41. The fourth-order valence-electron chi connectivity index (χ4n) is 3.00. The standard InChI is InChI=1S/C15H22O7/c1-6-9(16)18-11-10(8-7-17-14(2,3)20-8)19-13-12(11)21-15(4,5)22-13/h6,8,10-13H,1,7H2,2-5H3/t8?,10-,11+,12-,13-/m1/s1. The molecule has 0 aromatic heterocycles. The Morgan fingerprint density at radius 1 is 1.14 bits per heavy atom. The maximum absolute atomic E-state index is 11.6. The SMILES string of the molecule is C=CC(=O)O[C@@H]1[C@H]2OC(C)(C)O[C@H]2O[C@@H]1C1COC(C)(C)O1. The van der Waals surface area contributed by atoms with E-state index in [0.29, 0.717) is 6.61 Å². The summed E-state index contributed by atoms with van der Waals surface area (Å²) in [7, 11) is 0. The van der Waals surface area contributed by atoms with Gasteiger partial charge >= 0.3 is 5.97 Å². The van der Waals surface area contributed by atoms with Gasteiger partial charge in [0.2, 0.25) is 0 Å². The van der Waals surface area contributed by atoms with E-state index in [-0.39, 0.29) is 6.10 Å². The van der Waals surface area contributed by atoms with Crippen LogP contribution in [0, 0.1) is 0 Å². The third-order valence-electron chi connectivity index (χ3n) is 3.84. The highest BCUT2D eigenvalue weighted by molar-refractivity contribution is 5.81. The number of fused-ring (bicyclic) bond motifs is 1. The van der Waals surface area contributed by atoms with E-state index >= 15 is 0 Å². The molecule has 3 rings (SSSR count). The molecule has 0 spiro atoms. The van der Waals surface area contributed by atoms with Gasteiger partial charge in [-0.25, -0.2) is 4.79 Å². The zero-order valence-electron chi connectivity index (χ0n) is 13.2. The number of rotatable bonds is 3. The van der Waals surface area contributed by atoms with Crippen molar-refractivity contribution in [1.82, 2.24) is 0 Å². The molecular weight excluding hydrogens is 292 g/mol. The Balaban J connectivity index is 1.78. The quantitative estimate of drug-likeness (QED) is 0.571. The van der Waals surface area contributed by atoms with Gasteiger partial charge in [-0.1, -0.05) is 6.58 Å². The number of esters is 1. The molecule has 3 fully saturated rings. The Morgan fingerprint density at radius 3 is 2.45 bits per heavy atom. The molecule has 3 aliphatic heterocycles. The highest BCUT2D eigenvalue weighted by Gasteiger charge is 2.59. The van der Waals surface area contributed by atoms with Crippen LogP contribution in [0.4, 0.5) is 0 Å². The predicted molar refractivity (Wildman–Crippen MR) is 73.7 cm³/mol. The molecule has 0 aromatic carbocycles. The number of carbonyl (C=O) groups excluding carboxylic acids is 1. The van der Waals surface area contributed by atoms with Crippen molar-refractivity contribution in [3.63, 3.8) is 0 Å². The second-order valence-corrected chi connectivity index (χ2v) is 6.54. The van der Waals surface area contributed by atoms with Gasteiger partial charge in [-0.2, -0.15) is 0 Å². The van der Waals surface area contributed by atoms with Crippen molar-refractivity contribution in [1.29, 1.82) is 0 Å². The predicted octanol–water partition coefficient (Wildman–Crippen LogP) is 1.11. The van der Waals surface area contributed by atoms with E-state index < -0.39 is 42.1 Å². The average molecular weight is 314 g/mol. The number of carbonyl (C=O) groups is 1. The van der Waals surface area contributed by atoms with Gasteiger partial charge in [-0.05, 0) is 27.7 Å². The Hall–Kier alpha value is -0.990. The van der Waals surface area contributed by atoms with Crippen LogP contribution in [0.3, 0.4) is 0 Å². The van der Waals surface area contributed by atoms with Gasteiger partial charge in [-0.3, -0.25) is 0 Å². The molecule has 0 aromatic rings. The topological polar surface area (TPSA) is 72.5 Å². The maximum atomic E-state index is 11.6. The summed E-state index contributed by atoms with van der Waals surface area (Å²) in [5.41, 5.74) is 0. The molecule has 0 aliphatic carbocycles. The van der Waals surface area contributed by atoms with Crippen LogP contribution in [-0.4, -0.2) is 54.9 Å². The molecule has 1 unspecified atom stereocenters. The van der Waals surface area contributed by atoms with Gasteiger partial charge in [0.1, 0.15) is 12.2 Å². The zero-order valence-corrected chi connectivity index (χ0v) is 13.2. The lowest BCUT2D eigenvalue weighted by Crippen LogP contribution is -2.45. The summed E-state index contributed by atoms with van der Waals surface area (Å²) in [6, 6.07) is 0. The molecule has 0 bridgehead atoms. The Bertz CT molecular complexity index is 473. The first-order chi connectivity index (χ1) is 10.2. The second kappa shape index (κ2) is 5.28. The van der Waals surface area contributed by atoms with E-state index in [1.54, 1.807) is 13.8 Å². The molecule has 0 N–H and O–H groups in total. The fraction of sp³-hybridized carbons (Fsp3) is 0.800. The second-order valence-electron chi connectivity index (χ2n) is 6.54. The molecule has 0 amide bonds. The summed E-state index contributed by atoms with van der Waals surface area (Å²) in [6.45, 7) is 11.0. The van der Waals surface area contributed by atoms with Crippen LogP contribution in [0.2, 0.25) is 0 Å². The number of hydrogen-bond acceptors (Lipinski definition) is 7. The molecule has 0 radical (unpaired) electrons. The van der Waals surface area contributed by atoms with Crippen LogP contribution >= 0.6 is 0 Å². The lowest BCUT2D eigenvalue weighted by molar-refractivity contribution is -0.234. The van der Waals surface area contributed by atoms with Gasteiger partial charge in [0.25, 0.3) is 0 Å². The van der Waals surface area contributed by atoms with E-state index in [4.69, 9.17) is 28.4 Å². The molecule has 7 heteroatoms. The molecule has 3 aliphatic rings.